The van der Waals surface area contributed by atoms with Crippen molar-refractivity contribution in [2.45, 2.75) is 25.3 Å². The fraction of sp³-hybridized carbons (Fsp3) is 0.385. The zero-order chi connectivity index (χ0) is 12.4. The average Bonchev–Trinajstić information content (AvgIpc) is 2.87. The van der Waals surface area contributed by atoms with Gasteiger partial charge in [-0.1, -0.05) is 6.42 Å². The first-order chi connectivity index (χ1) is 8.83. The van der Waals surface area contributed by atoms with E-state index in [1.54, 1.807) is 6.20 Å². The summed E-state index contributed by atoms with van der Waals surface area (Å²) >= 11 is 0. The molecule has 1 amide bonds. The van der Waals surface area contributed by atoms with Crippen molar-refractivity contribution >= 4 is 34.9 Å². The molecule has 0 bridgehead atoms. The van der Waals surface area contributed by atoms with Gasteiger partial charge in [-0.15, -0.1) is 12.4 Å². The van der Waals surface area contributed by atoms with Gasteiger partial charge >= 0.3 is 0 Å². The summed E-state index contributed by atoms with van der Waals surface area (Å²) in [7, 11) is 0. The second-order valence-electron chi connectivity index (χ2n) is 4.66. The molecule has 19 heavy (non-hydrogen) atoms. The second-order valence-corrected chi connectivity index (χ2v) is 4.66. The lowest BCUT2D eigenvalue weighted by atomic mass is 10.0. The molecule has 2 heterocycles. The van der Waals surface area contributed by atoms with Crippen LogP contribution in [0.4, 0.5) is 5.69 Å². The number of nitrogens with one attached hydrogen (secondary N) is 3. The number of hydrogen-bond acceptors (Lipinski definition) is 3. The maximum Gasteiger partial charge on any atom is 0.241 e. The molecule has 1 unspecified atom stereocenters. The first-order valence-electron chi connectivity index (χ1n) is 6.30. The first-order valence-corrected chi connectivity index (χ1v) is 6.30. The fourth-order valence-electron chi connectivity index (χ4n) is 2.32. The Hall–Kier alpha value is -1.59. The molecule has 3 rings (SSSR count). The highest BCUT2D eigenvalue weighted by atomic mass is 35.5. The number of benzene rings is 1. The van der Waals surface area contributed by atoms with E-state index in [0.717, 1.165) is 42.4 Å². The third-order valence-corrected chi connectivity index (χ3v) is 3.34. The average molecular weight is 281 g/mol. The van der Waals surface area contributed by atoms with Gasteiger partial charge in [0.05, 0.1) is 17.8 Å². The SMILES string of the molecule is Cl.O=C(Nc1ccc2cn[nH]c2c1)C1CCCCN1. The van der Waals surface area contributed by atoms with Gasteiger partial charge in [-0.05, 0) is 37.6 Å². The van der Waals surface area contributed by atoms with E-state index in [1.807, 2.05) is 18.2 Å². The predicted octanol–water partition coefficient (Wildman–Crippen LogP) is 2.07. The molecular weight excluding hydrogens is 264 g/mol. The van der Waals surface area contributed by atoms with Crippen LogP contribution in [0, 0.1) is 0 Å². The van der Waals surface area contributed by atoms with Gasteiger partial charge < -0.3 is 10.6 Å². The summed E-state index contributed by atoms with van der Waals surface area (Å²) in [6.07, 6.45) is 4.95. The van der Waals surface area contributed by atoms with Gasteiger partial charge in [0.25, 0.3) is 0 Å². The van der Waals surface area contributed by atoms with Crippen LogP contribution >= 0.6 is 12.4 Å². The lowest BCUT2D eigenvalue weighted by Crippen LogP contribution is -2.43. The molecule has 1 aromatic heterocycles. The molecule has 102 valence electrons. The van der Waals surface area contributed by atoms with Gasteiger partial charge in [0, 0.05) is 11.1 Å². The zero-order valence-electron chi connectivity index (χ0n) is 10.5. The summed E-state index contributed by atoms with van der Waals surface area (Å²) in [5.74, 6) is 0.0496. The van der Waals surface area contributed by atoms with E-state index in [9.17, 15) is 4.79 Å². The van der Waals surface area contributed by atoms with Crippen LogP contribution in [-0.4, -0.2) is 28.7 Å². The van der Waals surface area contributed by atoms with E-state index in [4.69, 9.17) is 0 Å². The summed E-state index contributed by atoms with van der Waals surface area (Å²) in [6.45, 7) is 0.928. The highest BCUT2D eigenvalue weighted by Gasteiger charge is 2.20. The monoisotopic (exact) mass is 280 g/mol. The van der Waals surface area contributed by atoms with Crippen LogP contribution in [0.2, 0.25) is 0 Å². The Morgan fingerprint density at radius 1 is 1.37 bits per heavy atom. The Labute approximate surface area is 117 Å². The molecule has 2 aromatic rings. The molecule has 0 spiro atoms. The minimum atomic E-state index is -0.0591. The number of H-pyrrole nitrogens is 1. The minimum absolute atomic E-state index is 0. The van der Waals surface area contributed by atoms with Gasteiger partial charge in [-0.25, -0.2) is 0 Å². The summed E-state index contributed by atoms with van der Waals surface area (Å²) in [5.41, 5.74) is 1.74. The second kappa shape index (κ2) is 6.04. The molecule has 1 aliphatic heterocycles. The number of anilines is 1. The number of aromatic nitrogens is 2. The molecule has 0 radical (unpaired) electrons. The van der Waals surface area contributed by atoms with Crippen molar-refractivity contribution in [1.82, 2.24) is 15.5 Å². The third-order valence-electron chi connectivity index (χ3n) is 3.34. The Morgan fingerprint density at radius 3 is 3.05 bits per heavy atom. The van der Waals surface area contributed by atoms with E-state index in [2.05, 4.69) is 20.8 Å². The van der Waals surface area contributed by atoms with Gasteiger partial charge in [0.2, 0.25) is 5.91 Å². The normalized spacial score (nSPS) is 18.8. The van der Waals surface area contributed by atoms with Crippen LogP contribution in [0.3, 0.4) is 0 Å². The smallest absolute Gasteiger partial charge is 0.241 e. The number of fused-ring (bicyclic) bond motifs is 1. The van der Waals surface area contributed by atoms with Crippen molar-refractivity contribution in [2.24, 2.45) is 0 Å². The molecule has 1 aromatic carbocycles. The summed E-state index contributed by atoms with van der Waals surface area (Å²) < 4.78 is 0. The van der Waals surface area contributed by atoms with Crippen molar-refractivity contribution in [2.75, 3.05) is 11.9 Å². The van der Waals surface area contributed by atoms with Gasteiger partial charge in [-0.3, -0.25) is 9.89 Å². The van der Waals surface area contributed by atoms with Crippen molar-refractivity contribution in [3.63, 3.8) is 0 Å². The lowest BCUT2D eigenvalue weighted by molar-refractivity contribution is -0.118. The summed E-state index contributed by atoms with van der Waals surface area (Å²) in [4.78, 5) is 12.0. The number of aromatic amines is 1. The topological polar surface area (TPSA) is 69.8 Å². The van der Waals surface area contributed by atoms with Crippen LogP contribution in [0.1, 0.15) is 19.3 Å². The van der Waals surface area contributed by atoms with Crippen molar-refractivity contribution in [3.05, 3.63) is 24.4 Å². The van der Waals surface area contributed by atoms with E-state index in [0.29, 0.717) is 0 Å². The van der Waals surface area contributed by atoms with E-state index in [1.165, 1.54) is 0 Å². The Kier molecular flexibility index (Phi) is 4.39. The highest BCUT2D eigenvalue weighted by Crippen LogP contribution is 2.17. The number of halogens is 1. The van der Waals surface area contributed by atoms with Crippen LogP contribution in [0.15, 0.2) is 24.4 Å². The van der Waals surface area contributed by atoms with Gasteiger partial charge in [0.1, 0.15) is 0 Å². The number of nitrogens with zero attached hydrogens (tertiary/aromatic N) is 1. The third kappa shape index (κ3) is 3.05. The van der Waals surface area contributed by atoms with Gasteiger partial charge in [-0.2, -0.15) is 5.10 Å². The zero-order valence-corrected chi connectivity index (χ0v) is 11.3. The lowest BCUT2D eigenvalue weighted by Gasteiger charge is -2.22. The van der Waals surface area contributed by atoms with E-state index >= 15 is 0 Å². The molecule has 5 nitrogen and oxygen atoms in total. The van der Waals surface area contributed by atoms with Crippen LogP contribution in [-0.2, 0) is 4.79 Å². The Bertz CT molecular complexity index is 563. The van der Waals surface area contributed by atoms with Crippen LogP contribution in [0.25, 0.3) is 10.9 Å². The van der Waals surface area contributed by atoms with Crippen LogP contribution in [0.5, 0.6) is 0 Å². The molecule has 6 heteroatoms. The highest BCUT2D eigenvalue weighted by molar-refractivity contribution is 5.96. The molecule has 3 N–H and O–H groups in total. The van der Waals surface area contributed by atoms with Crippen molar-refractivity contribution < 1.29 is 4.79 Å². The molecule has 0 aliphatic carbocycles. The quantitative estimate of drug-likeness (QED) is 0.789. The maximum atomic E-state index is 12.0. The van der Waals surface area contributed by atoms with Crippen LogP contribution < -0.4 is 10.6 Å². The molecule has 1 atom stereocenters. The summed E-state index contributed by atoms with van der Waals surface area (Å²) in [6, 6.07) is 5.70. The van der Waals surface area contributed by atoms with Crippen molar-refractivity contribution in [1.29, 1.82) is 0 Å². The molecular formula is C13H17ClN4O. The molecule has 1 aliphatic rings. The number of carbonyl (C=O) groups excluding carboxylic acids is 1. The number of carbonyl (C=O) groups is 1. The number of hydrogen-bond donors (Lipinski definition) is 3. The predicted molar refractivity (Wildman–Crippen MR) is 77.6 cm³/mol. The number of amides is 1. The fourth-order valence-corrected chi connectivity index (χ4v) is 2.32. The molecule has 1 fully saturated rings. The van der Waals surface area contributed by atoms with E-state index in [-0.39, 0.29) is 24.4 Å². The van der Waals surface area contributed by atoms with Gasteiger partial charge in [0.15, 0.2) is 0 Å². The largest absolute Gasteiger partial charge is 0.325 e. The summed E-state index contributed by atoms with van der Waals surface area (Å²) in [5, 5.41) is 14.1. The molecule has 0 saturated carbocycles. The Balaban J connectivity index is 0.00000133. The minimum Gasteiger partial charge on any atom is -0.325 e. The van der Waals surface area contributed by atoms with Crippen molar-refractivity contribution in [3.8, 4) is 0 Å². The molecule has 1 saturated heterocycles. The Morgan fingerprint density at radius 2 is 2.26 bits per heavy atom. The first kappa shape index (κ1) is 13.8. The standard InChI is InChI=1S/C13H16N4O.ClH/c18-13(11-3-1-2-6-14-11)16-10-5-4-9-8-15-17-12(9)7-10;/h4-5,7-8,11,14H,1-3,6H2,(H,15,17)(H,16,18);1H. The van der Waals surface area contributed by atoms with E-state index < -0.39 is 0 Å². The number of rotatable bonds is 2. The maximum absolute atomic E-state index is 12.0. The number of piperidine rings is 1.